The van der Waals surface area contributed by atoms with Crippen LogP contribution < -0.4 is 9.86 Å². The van der Waals surface area contributed by atoms with Crippen LogP contribution >= 0.6 is 23.2 Å². The summed E-state index contributed by atoms with van der Waals surface area (Å²) in [7, 11) is -1.25. The van der Waals surface area contributed by atoms with Gasteiger partial charge in [0.05, 0.1) is 34.5 Å². The number of aromatic nitrogens is 2. The molecule has 1 aliphatic heterocycles. The Labute approximate surface area is 252 Å². The van der Waals surface area contributed by atoms with Gasteiger partial charge in [0.25, 0.3) is 21.5 Å². The second-order valence-corrected chi connectivity index (χ2v) is 12.6. The van der Waals surface area contributed by atoms with E-state index in [0.29, 0.717) is 16.9 Å². The number of halogens is 3. The summed E-state index contributed by atoms with van der Waals surface area (Å²) in [6.45, 7) is 2.13. The maximum Gasteiger partial charge on any atom is 0.296 e. The first-order valence-corrected chi connectivity index (χ1v) is 15.1. The molecule has 1 aromatic heterocycles. The van der Waals surface area contributed by atoms with E-state index < -0.39 is 33.4 Å². The number of hydrogen-bond acceptors (Lipinski definition) is 5. The second kappa shape index (κ2) is 11.6. The van der Waals surface area contributed by atoms with Gasteiger partial charge in [0, 0.05) is 36.8 Å². The fraction of sp³-hybridized carbons (Fsp3) is 0.241. The highest BCUT2D eigenvalue weighted by atomic mass is 35.5. The first-order chi connectivity index (χ1) is 19.9. The van der Waals surface area contributed by atoms with E-state index in [9.17, 15) is 22.4 Å². The molecule has 1 aliphatic rings. The van der Waals surface area contributed by atoms with Crippen LogP contribution in [-0.4, -0.2) is 55.3 Å². The highest BCUT2D eigenvalue weighted by Gasteiger charge is 2.31. The molecule has 0 radical (unpaired) electrons. The molecule has 9 nitrogen and oxygen atoms in total. The van der Waals surface area contributed by atoms with E-state index in [-0.39, 0.29) is 45.9 Å². The summed E-state index contributed by atoms with van der Waals surface area (Å²) in [5, 5.41) is 0.0829. The molecule has 0 N–H and O–H groups in total. The van der Waals surface area contributed by atoms with Crippen LogP contribution in [0.5, 0.6) is 0 Å². The molecule has 1 atom stereocenters. The van der Waals surface area contributed by atoms with Gasteiger partial charge in [-0.3, -0.25) is 18.6 Å². The van der Waals surface area contributed by atoms with Crippen molar-refractivity contribution in [3.63, 3.8) is 0 Å². The zero-order chi connectivity index (χ0) is 30.3. The van der Waals surface area contributed by atoms with Crippen LogP contribution in [0.3, 0.4) is 0 Å². The van der Waals surface area contributed by atoms with Crippen molar-refractivity contribution >= 4 is 44.8 Å². The van der Waals surface area contributed by atoms with E-state index in [1.807, 2.05) is 6.07 Å². The molecular formula is C29H27Cl2FN4O5S. The zero-order valence-corrected chi connectivity index (χ0v) is 25.3. The zero-order valence-electron chi connectivity index (χ0n) is 22.9. The third kappa shape index (κ3) is 5.33. The number of anilines is 1. The summed E-state index contributed by atoms with van der Waals surface area (Å²) >= 11 is 12.1. The van der Waals surface area contributed by atoms with E-state index in [1.165, 1.54) is 53.0 Å². The average molecular weight is 634 g/mol. The van der Waals surface area contributed by atoms with Crippen molar-refractivity contribution < 1.29 is 22.3 Å². The van der Waals surface area contributed by atoms with E-state index >= 15 is 0 Å². The lowest BCUT2D eigenvalue weighted by Crippen LogP contribution is -2.42. The van der Waals surface area contributed by atoms with Crippen LogP contribution in [0.2, 0.25) is 10.0 Å². The number of morpholine rings is 1. The molecule has 1 amide bonds. The van der Waals surface area contributed by atoms with Gasteiger partial charge in [0.15, 0.2) is 0 Å². The van der Waals surface area contributed by atoms with Crippen molar-refractivity contribution in [3.8, 4) is 5.69 Å². The molecule has 4 aromatic rings. The molecule has 1 fully saturated rings. The third-order valence-corrected chi connectivity index (χ3v) is 9.69. The number of carbonyl (C=O) groups is 1. The number of sulfonamides is 1. The Bertz CT molecular complexity index is 1840. The van der Waals surface area contributed by atoms with Crippen molar-refractivity contribution in [3.05, 3.63) is 110 Å². The molecule has 220 valence electrons. The quantitative estimate of drug-likeness (QED) is 0.280. The van der Waals surface area contributed by atoms with E-state index in [1.54, 1.807) is 42.9 Å². The predicted octanol–water partition coefficient (Wildman–Crippen LogP) is 4.97. The number of nitrogens with zero attached hydrogens (tertiary/aromatic N) is 4. The van der Waals surface area contributed by atoms with Gasteiger partial charge < -0.3 is 9.64 Å². The van der Waals surface area contributed by atoms with Gasteiger partial charge in [-0.2, -0.15) is 0 Å². The summed E-state index contributed by atoms with van der Waals surface area (Å²) in [5.74, 6) is -1.09. The molecule has 0 spiro atoms. The van der Waals surface area contributed by atoms with Gasteiger partial charge in [0.1, 0.15) is 17.6 Å². The molecular weight excluding hydrogens is 606 g/mol. The number of carbonyl (C=O) groups excluding carboxylic acids is 1. The summed E-state index contributed by atoms with van der Waals surface area (Å²) in [6.07, 6.45) is -0.701. The summed E-state index contributed by atoms with van der Waals surface area (Å²) in [4.78, 5) is 28.3. The normalized spacial score (nSPS) is 15.6. The molecule has 3 aromatic carbocycles. The number of para-hydroxylation sites is 1. The fourth-order valence-corrected chi connectivity index (χ4v) is 6.77. The molecule has 5 rings (SSSR count). The van der Waals surface area contributed by atoms with Crippen molar-refractivity contribution in [2.24, 2.45) is 7.05 Å². The molecule has 1 saturated heterocycles. The monoisotopic (exact) mass is 632 g/mol. The van der Waals surface area contributed by atoms with Crippen LogP contribution in [0, 0.1) is 12.7 Å². The molecule has 1 unspecified atom stereocenters. The molecule has 0 aliphatic carbocycles. The standard InChI is InChI=1S/C29H27Cl2FN4O5S/c1-18-27(29(38)36(33(18)2)20-9-5-4-6-10-20)34(3)42(39,40)21-11-7-8-19(14-21)28(37)35-12-13-41-26(17-35)22-15-25(32)24(31)16-23(22)30/h4-11,14-16,26H,12-13,17H2,1-3H3. The van der Waals surface area contributed by atoms with Crippen molar-refractivity contribution in [2.45, 2.75) is 17.9 Å². The number of ether oxygens (including phenoxy) is 1. The third-order valence-electron chi connectivity index (χ3n) is 7.32. The van der Waals surface area contributed by atoms with Crippen LogP contribution in [0.15, 0.2) is 76.4 Å². The van der Waals surface area contributed by atoms with E-state index in [2.05, 4.69) is 0 Å². The topological polar surface area (TPSA) is 93.9 Å². The van der Waals surface area contributed by atoms with E-state index in [0.717, 1.165) is 4.31 Å². The molecule has 0 saturated carbocycles. The lowest BCUT2D eigenvalue weighted by atomic mass is 10.1. The summed E-state index contributed by atoms with van der Waals surface area (Å²) in [5.41, 5.74) is 0.999. The highest BCUT2D eigenvalue weighted by Crippen LogP contribution is 2.33. The number of benzene rings is 3. The van der Waals surface area contributed by atoms with Crippen molar-refractivity contribution in [2.75, 3.05) is 31.0 Å². The Hall–Kier alpha value is -3.64. The number of hydrogen-bond donors (Lipinski definition) is 0. The van der Waals surface area contributed by atoms with Gasteiger partial charge >= 0.3 is 0 Å². The Morgan fingerprint density at radius 2 is 1.76 bits per heavy atom. The van der Waals surface area contributed by atoms with Gasteiger partial charge in [-0.25, -0.2) is 17.5 Å². The summed E-state index contributed by atoms with van der Waals surface area (Å²) in [6, 6.07) is 17.0. The maximum absolute atomic E-state index is 14.1. The van der Waals surface area contributed by atoms with Crippen LogP contribution in [0.4, 0.5) is 10.1 Å². The smallest absolute Gasteiger partial charge is 0.296 e. The van der Waals surface area contributed by atoms with E-state index in [4.69, 9.17) is 27.9 Å². The fourth-order valence-electron chi connectivity index (χ4n) is 4.97. The SMILES string of the molecule is Cc1c(N(C)S(=O)(=O)c2cccc(C(=O)N3CCOC(c4cc(F)c(Cl)cc4Cl)C3)c2)c(=O)n(-c2ccccc2)n1C. The summed E-state index contributed by atoms with van der Waals surface area (Å²) < 4.78 is 51.3. The first kappa shape index (κ1) is 29.8. The minimum atomic E-state index is -4.24. The van der Waals surface area contributed by atoms with Crippen LogP contribution in [0.25, 0.3) is 5.69 Å². The van der Waals surface area contributed by atoms with Crippen molar-refractivity contribution in [1.29, 1.82) is 0 Å². The van der Waals surface area contributed by atoms with Gasteiger partial charge in [-0.15, -0.1) is 0 Å². The van der Waals surface area contributed by atoms with Crippen LogP contribution in [-0.2, 0) is 21.8 Å². The lowest BCUT2D eigenvalue weighted by molar-refractivity contribution is -0.0228. The lowest BCUT2D eigenvalue weighted by Gasteiger charge is -2.33. The minimum Gasteiger partial charge on any atom is -0.370 e. The first-order valence-electron chi connectivity index (χ1n) is 12.9. The molecule has 42 heavy (non-hydrogen) atoms. The minimum absolute atomic E-state index is 0.0128. The number of rotatable bonds is 6. The Kier molecular flexibility index (Phi) is 8.21. The van der Waals surface area contributed by atoms with Crippen molar-refractivity contribution in [1.82, 2.24) is 14.3 Å². The number of amides is 1. The average Bonchev–Trinajstić information content (AvgIpc) is 3.21. The largest absolute Gasteiger partial charge is 0.370 e. The molecule has 2 heterocycles. The molecule has 0 bridgehead atoms. The van der Waals surface area contributed by atoms with Gasteiger partial charge in [0.2, 0.25) is 0 Å². The maximum atomic E-state index is 14.1. The Morgan fingerprint density at radius 3 is 2.48 bits per heavy atom. The van der Waals surface area contributed by atoms with Crippen LogP contribution in [0.1, 0.15) is 27.7 Å². The van der Waals surface area contributed by atoms with Gasteiger partial charge in [-0.05, 0) is 49.4 Å². The predicted molar refractivity (Wildman–Crippen MR) is 159 cm³/mol. The Balaban J connectivity index is 1.43. The second-order valence-electron chi connectivity index (χ2n) is 9.81. The highest BCUT2D eigenvalue weighted by molar-refractivity contribution is 7.92. The molecule has 13 heteroatoms. The van der Waals surface area contributed by atoms with Gasteiger partial charge in [-0.1, -0.05) is 47.5 Å². The Morgan fingerprint density at radius 1 is 1.05 bits per heavy atom.